The fourth-order valence-electron chi connectivity index (χ4n) is 4.88. The van der Waals surface area contributed by atoms with E-state index in [1.807, 2.05) is 24.3 Å². The number of likely N-dealkylation sites (tertiary alicyclic amines) is 1. The molecule has 1 aliphatic heterocycles. The van der Waals surface area contributed by atoms with E-state index >= 15 is 0 Å². The lowest BCUT2D eigenvalue weighted by molar-refractivity contribution is 0.0524. The van der Waals surface area contributed by atoms with Gasteiger partial charge in [-0.15, -0.1) is 12.4 Å². The van der Waals surface area contributed by atoms with Crippen molar-refractivity contribution in [2.45, 2.75) is 50.0 Å². The second-order valence-corrected chi connectivity index (χ2v) is 7.78. The third-order valence-corrected chi connectivity index (χ3v) is 6.30. The maximum absolute atomic E-state index is 9.89. The van der Waals surface area contributed by atoms with E-state index in [-0.39, 0.29) is 17.8 Å². The Morgan fingerprint density at radius 2 is 1.81 bits per heavy atom. The third kappa shape index (κ3) is 3.84. The summed E-state index contributed by atoms with van der Waals surface area (Å²) in [6, 6.07) is 16.2. The summed E-state index contributed by atoms with van der Waals surface area (Å²) in [7, 11) is 0. The van der Waals surface area contributed by atoms with Gasteiger partial charge in [0.05, 0.1) is 0 Å². The molecule has 0 spiro atoms. The molecule has 2 aromatic carbocycles. The van der Waals surface area contributed by atoms with E-state index in [0.717, 1.165) is 19.5 Å². The molecule has 26 heavy (non-hydrogen) atoms. The minimum atomic E-state index is 0. The average Bonchev–Trinajstić information content (AvgIpc) is 2.63. The lowest BCUT2D eigenvalue weighted by atomic mass is 9.63. The summed E-state index contributed by atoms with van der Waals surface area (Å²) in [5.74, 6) is 0.730. The van der Waals surface area contributed by atoms with E-state index in [4.69, 9.17) is 0 Å². The lowest BCUT2D eigenvalue weighted by Gasteiger charge is -2.51. The molecule has 2 fully saturated rings. The SMILES string of the molecule is Cl.Oc1ccc(CCN2CC[C@@]3(c4cccc(O)c4)CCC[C@@H]2C3)cc1. The molecule has 2 atom stereocenters. The van der Waals surface area contributed by atoms with Crippen molar-refractivity contribution in [2.24, 2.45) is 0 Å². The first kappa shape index (κ1) is 19.1. The van der Waals surface area contributed by atoms with Gasteiger partial charge in [0.1, 0.15) is 11.5 Å². The predicted octanol–water partition coefficient (Wildman–Crippen LogP) is 4.65. The Morgan fingerprint density at radius 1 is 1.00 bits per heavy atom. The summed E-state index contributed by atoms with van der Waals surface area (Å²) in [6.07, 6.45) is 7.25. The van der Waals surface area contributed by atoms with Crippen LogP contribution in [0.25, 0.3) is 0 Å². The van der Waals surface area contributed by atoms with Crippen LogP contribution in [0.5, 0.6) is 11.5 Å². The maximum atomic E-state index is 9.89. The lowest BCUT2D eigenvalue weighted by Crippen LogP contribution is -2.52. The normalized spacial score (nSPS) is 25.5. The van der Waals surface area contributed by atoms with Gasteiger partial charge in [-0.2, -0.15) is 0 Å². The van der Waals surface area contributed by atoms with Gasteiger partial charge in [0.15, 0.2) is 0 Å². The largest absolute Gasteiger partial charge is 0.508 e. The average molecular weight is 374 g/mol. The zero-order valence-electron chi connectivity index (χ0n) is 15.1. The highest BCUT2D eigenvalue weighted by Crippen LogP contribution is 2.47. The van der Waals surface area contributed by atoms with E-state index in [1.165, 1.54) is 43.2 Å². The second-order valence-electron chi connectivity index (χ2n) is 7.78. The summed E-state index contributed by atoms with van der Waals surface area (Å²) in [5.41, 5.74) is 2.88. The summed E-state index contributed by atoms with van der Waals surface area (Å²) in [5, 5.41) is 19.3. The van der Waals surface area contributed by atoms with Gasteiger partial charge in [-0.25, -0.2) is 0 Å². The molecule has 1 saturated carbocycles. The van der Waals surface area contributed by atoms with Gasteiger partial charge in [0, 0.05) is 12.6 Å². The quantitative estimate of drug-likeness (QED) is 0.819. The molecule has 2 N–H and O–H groups in total. The molecular weight excluding hydrogens is 346 g/mol. The van der Waals surface area contributed by atoms with E-state index < -0.39 is 0 Å². The number of hydrogen-bond donors (Lipinski definition) is 2. The number of hydrogen-bond acceptors (Lipinski definition) is 3. The third-order valence-electron chi connectivity index (χ3n) is 6.30. The number of phenols is 2. The van der Waals surface area contributed by atoms with Crippen LogP contribution in [0.2, 0.25) is 0 Å². The van der Waals surface area contributed by atoms with Crippen molar-refractivity contribution < 1.29 is 10.2 Å². The van der Waals surface area contributed by atoms with E-state index in [9.17, 15) is 10.2 Å². The van der Waals surface area contributed by atoms with Gasteiger partial charge < -0.3 is 10.2 Å². The Balaban J connectivity index is 0.00000196. The van der Waals surface area contributed by atoms with Gasteiger partial charge in [-0.1, -0.05) is 30.7 Å². The number of aromatic hydroxyl groups is 2. The van der Waals surface area contributed by atoms with Crippen molar-refractivity contribution in [1.82, 2.24) is 4.90 Å². The van der Waals surface area contributed by atoms with Gasteiger partial charge in [-0.3, -0.25) is 4.90 Å². The predicted molar refractivity (Wildman–Crippen MR) is 107 cm³/mol. The molecule has 1 heterocycles. The number of phenolic OH excluding ortho intramolecular Hbond substituents is 2. The molecule has 0 aromatic heterocycles. The second kappa shape index (κ2) is 7.89. The number of halogens is 1. The summed E-state index contributed by atoms with van der Waals surface area (Å²) in [4.78, 5) is 2.66. The fraction of sp³-hybridized carbons (Fsp3) is 0.455. The Hall–Kier alpha value is -1.71. The number of fused-ring (bicyclic) bond motifs is 2. The minimum absolute atomic E-state index is 0. The topological polar surface area (TPSA) is 43.7 Å². The molecule has 1 aliphatic carbocycles. The van der Waals surface area contributed by atoms with Crippen LogP contribution >= 0.6 is 12.4 Å². The standard InChI is InChI=1S/C22H27NO2.ClH/c24-20-8-6-17(7-9-20)10-13-23-14-12-22(11-2-4-19(23)16-22)18-3-1-5-21(25)15-18;/h1,3,5-9,15,19,24-25H,2,4,10-14,16H2;1H/t19-,22+;/m1./s1. The van der Waals surface area contributed by atoms with Crippen molar-refractivity contribution >= 4 is 12.4 Å². The number of piperidine rings is 1. The molecule has 3 nitrogen and oxygen atoms in total. The van der Waals surface area contributed by atoms with Crippen molar-refractivity contribution in [3.63, 3.8) is 0 Å². The Kier molecular flexibility index (Phi) is 5.79. The first-order valence-electron chi connectivity index (χ1n) is 9.46. The van der Waals surface area contributed by atoms with Crippen molar-refractivity contribution in [3.8, 4) is 11.5 Å². The van der Waals surface area contributed by atoms with E-state index in [2.05, 4.69) is 11.0 Å². The molecule has 2 aliphatic rings. The summed E-state index contributed by atoms with van der Waals surface area (Å²) >= 11 is 0. The molecular formula is C22H28ClNO2. The fourth-order valence-corrected chi connectivity index (χ4v) is 4.88. The van der Waals surface area contributed by atoms with Crippen LogP contribution in [0.3, 0.4) is 0 Å². The Bertz CT molecular complexity index is 733. The van der Waals surface area contributed by atoms with Crippen LogP contribution < -0.4 is 0 Å². The molecule has 0 unspecified atom stereocenters. The van der Waals surface area contributed by atoms with Crippen LogP contribution in [0.4, 0.5) is 0 Å². The molecule has 0 amide bonds. The van der Waals surface area contributed by atoms with Gasteiger partial charge in [0.2, 0.25) is 0 Å². The van der Waals surface area contributed by atoms with Crippen molar-refractivity contribution in [3.05, 3.63) is 59.7 Å². The highest BCUT2D eigenvalue weighted by atomic mass is 35.5. The number of rotatable bonds is 4. The van der Waals surface area contributed by atoms with Crippen LogP contribution in [0.15, 0.2) is 48.5 Å². The van der Waals surface area contributed by atoms with Crippen LogP contribution in [-0.4, -0.2) is 34.2 Å². The zero-order chi connectivity index (χ0) is 17.3. The van der Waals surface area contributed by atoms with E-state index in [1.54, 1.807) is 18.2 Å². The molecule has 2 bridgehead atoms. The first-order valence-corrected chi connectivity index (χ1v) is 9.46. The molecule has 1 saturated heterocycles. The highest BCUT2D eigenvalue weighted by Gasteiger charge is 2.43. The first-order chi connectivity index (χ1) is 12.1. The maximum Gasteiger partial charge on any atom is 0.115 e. The zero-order valence-corrected chi connectivity index (χ0v) is 15.9. The van der Waals surface area contributed by atoms with Gasteiger partial charge in [-0.05, 0) is 79.5 Å². The molecule has 2 aromatic rings. The van der Waals surface area contributed by atoms with Crippen LogP contribution in [0, 0.1) is 0 Å². The Morgan fingerprint density at radius 3 is 2.58 bits per heavy atom. The summed E-state index contributed by atoms with van der Waals surface area (Å²) in [6.45, 7) is 2.23. The van der Waals surface area contributed by atoms with Crippen molar-refractivity contribution in [1.29, 1.82) is 0 Å². The van der Waals surface area contributed by atoms with E-state index in [0.29, 0.717) is 17.5 Å². The molecule has 140 valence electrons. The highest BCUT2D eigenvalue weighted by molar-refractivity contribution is 5.85. The molecule has 0 radical (unpaired) electrons. The van der Waals surface area contributed by atoms with Gasteiger partial charge >= 0.3 is 0 Å². The monoisotopic (exact) mass is 373 g/mol. The number of nitrogens with zero attached hydrogens (tertiary/aromatic N) is 1. The summed E-state index contributed by atoms with van der Waals surface area (Å²) < 4.78 is 0. The molecule has 4 rings (SSSR count). The van der Waals surface area contributed by atoms with Gasteiger partial charge in [0.25, 0.3) is 0 Å². The Labute approximate surface area is 162 Å². The minimum Gasteiger partial charge on any atom is -0.508 e. The van der Waals surface area contributed by atoms with Crippen molar-refractivity contribution in [2.75, 3.05) is 13.1 Å². The van der Waals surface area contributed by atoms with Crippen LogP contribution in [0.1, 0.15) is 43.2 Å². The van der Waals surface area contributed by atoms with Crippen LogP contribution in [-0.2, 0) is 11.8 Å². The number of benzene rings is 2. The smallest absolute Gasteiger partial charge is 0.115 e. The molecule has 4 heteroatoms.